The molecule has 0 rings (SSSR count). The molecule has 0 aliphatic heterocycles. The molecule has 20 heavy (non-hydrogen) atoms. The van der Waals surface area contributed by atoms with Gasteiger partial charge in [-0.15, -0.1) is 0 Å². The minimum absolute atomic E-state index is 0.332. The zero-order valence-corrected chi connectivity index (χ0v) is 14.2. The molecule has 0 unspecified atom stereocenters. The van der Waals surface area contributed by atoms with Crippen LogP contribution in [0.3, 0.4) is 0 Å². The molecule has 0 saturated heterocycles. The molecule has 0 aromatic rings. The van der Waals surface area contributed by atoms with Crippen molar-refractivity contribution in [3.63, 3.8) is 0 Å². The topological polar surface area (TPSA) is 37.3 Å². The molecule has 0 spiro atoms. The molecule has 0 radical (unpaired) electrons. The van der Waals surface area contributed by atoms with Crippen molar-refractivity contribution in [1.29, 1.82) is 0 Å². The Bertz CT molecular complexity index is 207. The Labute approximate surface area is 130 Å². The summed E-state index contributed by atoms with van der Waals surface area (Å²) in [7, 11) is 0. The van der Waals surface area contributed by atoms with Crippen LogP contribution in [0.5, 0.6) is 0 Å². The number of unbranched alkanes of at least 4 members (excludes halogenated alkanes) is 10. The summed E-state index contributed by atoms with van der Waals surface area (Å²) in [6.45, 7) is 2.27. The average molecular weight is 303 g/mol. The van der Waals surface area contributed by atoms with E-state index in [1.54, 1.807) is 0 Å². The molecule has 0 amide bonds. The number of rotatable bonds is 16. The van der Waals surface area contributed by atoms with Gasteiger partial charge in [-0.05, 0) is 30.8 Å². The van der Waals surface area contributed by atoms with Gasteiger partial charge in [-0.3, -0.25) is 4.79 Å². The Kier molecular flexibility index (Phi) is 16.7. The summed E-state index contributed by atoms with van der Waals surface area (Å²) in [5.74, 6) is 1.72. The molecule has 0 saturated carbocycles. The van der Waals surface area contributed by atoms with Crippen LogP contribution in [-0.2, 0) is 4.79 Å². The zero-order valence-electron chi connectivity index (χ0n) is 13.4. The van der Waals surface area contributed by atoms with E-state index < -0.39 is 5.97 Å². The molecule has 0 bridgehead atoms. The van der Waals surface area contributed by atoms with E-state index in [1.807, 2.05) is 11.8 Å². The van der Waals surface area contributed by atoms with Gasteiger partial charge in [0.1, 0.15) is 0 Å². The van der Waals surface area contributed by atoms with Gasteiger partial charge in [0.05, 0.1) is 0 Å². The molecule has 0 aromatic carbocycles. The lowest BCUT2D eigenvalue weighted by atomic mass is 10.1. The van der Waals surface area contributed by atoms with Crippen LogP contribution in [0, 0.1) is 0 Å². The Morgan fingerprint density at radius 1 is 0.750 bits per heavy atom. The van der Waals surface area contributed by atoms with Crippen molar-refractivity contribution in [2.45, 2.75) is 90.4 Å². The second kappa shape index (κ2) is 16.9. The molecule has 1 N–H and O–H groups in total. The molecule has 2 nitrogen and oxygen atoms in total. The van der Waals surface area contributed by atoms with Gasteiger partial charge < -0.3 is 5.11 Å². The highest BCUT2D eigenvalue weighted by Crippen LogP contribution is 2.13. The largest absolute Gasteiger partial charge is 0.481 e. The molecule has 0 aliphatic carbocycles. The zero-order chi connectivity index (χ0) is 14.9. The summed E-state index contributed by atoms with van der Waals surface area (Å²) in [5, 5.41) is 8.51. The van der Waals surface area contributed by atoms with E-state index in [0.717, 1.165) is 18.6 Å². The van der Waals surface area contributed by atoms with E-state index in [9.17, 15) is 4.79 Å². The highest BCUT2D eigenvalue weighted by Gasteiger charge is 1.97. The van der Waals surface area contributed by atoms with E-state index in [2.05, 4.69) is 6.92 Å². The number of carbonyl (C=O) groups is 1. The summed E-state index contributed by atoms with van der Waals surface area (Å²) in [6, 6.07) is 0. The second-order valence-electron chi connectivity index (χ2n) is 5.65. The molecule has 0 aromatic heterocycles. The molecule has 120 valence electrons. The van der Waals surface area contributed by atoms with Crippen molar-refractivity contribution in [2.24, 2.45) is 0 Å². The summed E-state index contributed by atoms with van der Waals surface area (Å²) < 4.78 is 0. The van der Waals surface area contributed by atoms with E-state index in [0.29, 0.717) is 6.42 Å². The second-order valence-corrected chi connectivity index (χ2v) is 6.87. The van der Waals surface area contributed by atoms with Crippen LogP contribution >= 0.6 is 11.8 Å². The van der Waals surface area contributed by atoms with Crippen LogP contribution in [0.2, 0.25) is 0 Å². The summed E-state index contributed by atoms with van der Waals surface area (Å²) in [6.07, 6.45) is 16.2. The molecule has 3 heteroatoms. The SMILES string of the molecule is CCCCCCCCCCCCSCCCCC(=O)O. The van der Waals surface area contributed by atoms with Crippen molar-refractivity contribution in [3.05, 3.63) is 0 Å². The van der Waals surface area contributed by atoms with Crippen molar-refractivity contribution < 1.29 is 9.90 Å². The van der Waals surface area contributed by atoms with Crippen LogP contribution < -0.4 is 0 Å². The normalized spacial score (nSPS) is 10.8. The lowest BCUT2D eigenvalue weighted by Crippen LogP contribution is -1.94. The molecular formula is C17H34O2S. The first kappa shape index (κ1) is 19.8. The predicted molar refractivity (Wildman–Crippen MR) is 90.7 cm³/mol. The average Bonchev–Trinajstić information content (AvgIpc) is 2.43. The Morgan fingerprint density at radius 2 is 1.20 bits per heavy atom. The Morgan fingerprint density at radius 3 is 1.70 bits per heavy atom. The van der Waals surface area contributed by atoms with Crippen molar-refractivity contribution in [1.82, 2.24) is 0 Å². The molecule has 0 fully saturated rings. The van der Waals surface area contributed by atoms with E-state index in [1.165, 1.54) is 70.0 Å². The van der Waals surface area contributed by atoms with Crippen LogP contribution in [0.1, 0.15) is 90.4 Å². The number of hydrogen-bond donors (Lipinski definition) is 1. The predicted octanol–water partition coefficient (Wildman–Crippen LogP) is 5.90. The standard InChI is InChI=1S/C17H34O2S/c1-2-3-4-5-6-7-8-9-10-12-15-20-16-13-11-14-17(18)19/h2-16H2,1H3,(H,18,19). The maximum Gasteiger partial charge on any atom is 0.303 e. The third-order valence-corrected chi connectivity index (χ3v) is 4.73. The smallest absolute Gasteiger partial charge is 0.303 e. The first-order chi connectivity index (χ1) is 9.77. The van der Waals surface area contributed by atoms with Crippen molar-refractivity contribution >= 4 is 17.7 Å². The first-order valence-corrected chi connectivity index (χ1v) is 9.72. The minimum atomic E-state index is -0.662. The van der Waals surface area contributed by atoms with Gasteiger partial charge in [-0.2, -0.15) is 11.8 Å². The van der Waals surface area contributed by atoms with Gasteiger partial charge in [-0.25, -0.2) is 0 Å². The van der Waals surface area contributed by atoms with Gasteiger partial charge in [0.2, 0.25) is 0 Å². The summed E-state index contributed by atoms with van der Waals surface area (Å²) >= 11 is 1.99. The van der Waals surface area contributed by atoms with Crippen LogP contribution in [0.4, 0.5) is 0 Å². The van der Waals surface area contributed by atoms with E-state index in [4.69, 9.17) is 5.11 Å². The number of thioether (sulfide) groups is 1. The highest BCUT2D eigenvalue weighted by molar-refractivity contribution is 7.99. The highest BCUT2D eigenvalue weighted by atomic mass is 32.2. The summed E-state index contributed by atoms with van der Waals surface area (Å²) in [4.78, 5) is 10.3. The fraction of sp³-hybridized carbons (Fsp3) is 0.941. The lowest BCUT2D eigenvalue weighted by molar-refractivity contribution is -0.137. The number of aliphatic carboxylic acids is 1. The molecular weight excluding hydrogens is 268 g/mol. The fourth-order valence-corrected chi connectivity index (χ4v) is 3.29. The van der Waals surface area contributed by atoms with Gasteiger partial charge >= 0.3 is 5.97 Å². The van der Waals surface area contributed by atoms with Gasteiger partial charge in [-0.1, -0.05) is 64.7 Å². The molecule has 0 atom stereocenters. The van der Waals surface area contributed by atoms with Gasteiger partial charge in [0.25, 0.3) is 0 Å². The maximum atomic E-state index is 10.3. The third-order valence-electron chi connectivity index (χ3n) is 3.57. The van der Waals surface area contributed by atoms with Crippen LogP contribution in [0.15, 0.2) is 0 Å². The van der Waals surface area contributed by atoms with Gasteiger partial charge in [0.15, 0.2) is 0 Å². The van der Waals surface area contributed by atoms with Crippen LogP contribution in [-0.4, -0.2) is 22.6 Å². The Balaban J connectivity index is 2.94. The Hall–Kier alpha value is -0.180. The van der Waals surface area contributed by atoms with Crippen LogP contribution in [0.25, 0.3) is 0 Å². The van der Waals surface area contributed by atoms with E-state index in [-0.39, 0.29) is 0 Å². The lowest BCUT2D eigenvalue weighted by Gasteiger charge is -2.03. The molecule has 0 heterocycles. The first-order valence-electron chi connectivity index (χ1n) is 8.57. The quantitative estimate of drug-likeness (QED) is 0.361. The van der Waals surface area contributed by atoms with E-state index >= 15 is 0 Å². The molecule has 0 aliphatic rings. The van der Waals surface area contributed by atoms with Gasteiger partial charge in [0, 0.05) is 6.42 Å². The van der Waals surface area contributed by atoms with Crippen molar-refractivity contribution in [2.75, 3.05) is 11.5 Å². The number of carboxylic acid groups (broad SMARTS) is 1. The number of hydrogen-bond acceptors (Lipinski definition) is 2. The number of carboxylic acids is 1. The fourth-order valence-electron chi connectivity index (χ4n) is 2.27. The van der Waals surface area contributed by atoms with Crippen molar-refractivity contribution in [3.8, 4) is 0 Å². The monoisotopic (exact) mass is 302 g/mol. The summed E-state index contributed by atoms with van der Waals surface area (Å²) in [5.41, 5.74) is 0. The minimum Gasteiger partial charge on any atom is -0.481 e. The third kappa shape index (κ3) is 17.8. The maximum absolute atomic E-state index is 10.3.